The molecular weight excluding hydrogens is 272 g/mol. The van der Waals surface area contributed by atoms with Crippen molar-refractivity contribution >= 4 is 17.4 Å². The average molecular weight is 292 g/mol. The predicted molar refractivity (Wildman–Crippen MR) is 80.6 cm³/mol. The van der Waals surface area contributed by atoms with Crippen molar-refractivity contribution in [1.82, 2.24) is 10.2 Å². The van der Waals surface area contributed by atoms with Crippen LogP contribution in [0.3, 0.4) is 0 Å². The van der Waals surface area contributed by atoms with Crippen LogP contribution in [0.1, 0.15) is 30.9 Å². The van der Waals surface area contributed by atoms with Crippen molar-refractivity contribution in [2.24, 2.45) is 0 Å². The van der Waals surface area contributed by atoms with Gasteiger partial charge >= 0.3 is 6.03 Å². The topological polar surface area (TPSA) is 45.5 Å². The molecular formula is C15H20N2O2S. The molecule has 108 valence electrons. The minimum atomic E-state index is -0.0224. The van der Waals surface area contributed by atoms with E-state index in [2.05, 4.69) is 23.7 Å². The summed E-state index contributed by atoms with van der Waals surface area (Å²) in [6, 6.07) is 3.90. The molecule has 4 nitrogen and oxygen atoms in total. The first-order valence-electron chi connectivity index (χ1n) is 6.84. The number of carbonyl (C=O) groups is 1. The summed E-state index contributed by atoms with van der Waals surface area (Å²) >= 11 is 1.66. The quantitative estimate of drug-likeness (QED) is 0.842. The van der Waals surface area contributed by atoms with E-state index < -0.39 is 0 Å². The Labute approximate surface area is 123 Å². The van der Waals surface area contributed by atoms with E-state index in [1.54, 1.807) is 23.9 Å². The predicted octanol–water partition coefficient (Wildman–Crippen LogP) is 3.85. The van der Waals surface area contributed by atoms with Gasteiger partial charge in [-0.25, -0.2) is 4.79 Å². The Bertz CT molecular complexity index is 494. The summed E-state index contributed by atoms with van der Waals surface area (Å²) in [5.41, 5.74) is 2.16. The smallest absolute Gasteiger partial charge is 0.317 e. The van der Waals surface area contributed by atoms with Crippen LogP contribution < -0.4 is 5.32 Å². The lowest BCUT2D eigenvalue weighted by atomic mass is 10.2. The molecule has 1 N–H and O–H groups in total. The molecule has 0 atom stereocenters. The van der Waals surface area contributed by atoms with Crippen molar-refractivity contribution < 1.29 is 9.21 Å². The van der Waals surface area contributed by atoms with E-state index in [0.29, 0.717) is 13.1 Å². The molecule has 20 heavy (non-hydrogen) atoms. The summed E-state index contributed by atoms with van der Waals surface area (Å²) in [4.78, 5) is 14.1. The monoisotopic (exact) mass is 292 g/mol. The lowest BCUT2D eigenvalue weighted by Gasteiger charge is -2.22. The summed E-state index contributed by atoms with van der Waals surface area (Å²) in [7, 11) is 0. The van der Waals surface area contributed by atoms with Gasteiger partial charge in [0.2, 0.25) is 0 Å². The molecule has 2 heterocycles. The highest BCUT2D eigenvalue weighted by Gasteiger charge is 2.13. The van der Waals surface area contributed by atoms with E-state index in [1.165, 1.54) is 5.56 Å². The van der Waals surface area contributed by atoms with Gasteiger partial charge in [-0.15, -0.1) is 0 Å². The summed E-state index contributed by atoms with van der Waals surface area (Å²) < 4.78 is 4.99. The van der Waals surface area contributed by atoms with Crippen LogP contribution in [0.2, 0.25) is 0 Å². The third-order valence-electron chi connectivity index (χ3n) is 3.05. The maximum Gasteiger partial charge on any atom is 0.317 e. The van der Waals surface area contributed by atoms with Crippen LogP contribution in [-0.4, -0.2) is 17.5 Å². The Balaban J connectivity index is 1.89. The molecule has 0 aliphatic rings. The normalized spacial score (nSPS) is 10.4. The van der Waals surface area contributed by atoms with E-state index in [4.69, 9.17) is 4.42 Å². The second-order valence-corrected chi connectivity index (χ2v) is 5.48. The largest absolute Gasteiger partial charge is 0.472 e. The summed E-state index contributed by atoms with van der Waals surface area (Å²) in [5.74, 6) is 0. The molecule has 0 bridgehead atoms. The number of rotatable bonds is 7. The van der Waals surface area contributed by atoms with Crippen molar-refractivity contribution in [3.05, 3.63) is 46.5 Å². The fourth-order valence-electron chi connectivity index (χ4n) is 1.89. The summed E-state index contributed by atoms with van der Waals surface area (Å²) in [6.07, 6.45) is 5.36. The number of amides is 2. The standard InChI is InChI=1S/C15H20N2O2S/c1-2-3-6-17(10-14-5-8-20-12-14)15(18)16-9-13-4-7-19-11-13/h4-5,7-8,11-12H,2-3,6,9-10H2,1H3,(H,16,18). The van der Waals surface area contributed by atoms with Crippen molar-refractivity contribution in [3.63, 3.8) is 0 Å². The van der Waals surface area contributed by atoms with Gasteiger partial charge in [0, 0.05) is 25.2 Å². The fraction of sp³-hybridized carbons (Fsp3) is 0.400. The molecule has 2 aromatic rings. The van der Waals surface area contributed by atoms with Crippen LogP contribution in [0.25, 0.3) is 0 Å². The van der Waals surface area contributed by atoms with Crippen molar-refractivity contribution in [2.75, 3.05) is 6.54 Å². The molecule has 2 aromatic heterocycles. The lowest BCUT2D eigenvalue weighted by Crippen LogP contribution is -2.39. The number of furan rings is 1. The molecule has 0 unspecified atom stereocenters. The highest BCUT2D eigenvalue weighted by atomic mass is 32.1. The van der Waals surface area contributed by atoms with Crippen LogP contribution in [-0.2, 0) is 13.1 Å². The van der Waals surface area contributed by atoms with Gasteiger partial charge in [0.1, 0.15) is 0 Å². The Morgan fingerprint density at radius 3 is 2.95 bits per heavy atom. The summed E-state index contributed by atoms with van der Waals surface area (Å²) in [6.45, 7) is 4.08. The molecule has 0 aliphatic heterocycles. The molecule has 0 fully saturated rings. The van der Waals surface area contributed by atoms with Gasteiger partial charge in [-0.3, -0.25) is 0 Å². The van der Waals surface area contributed by atoms with Gasteiger partial charge < -0.3 is 14.6 Å². The molecule has 2 amide bonds. The third kappa shape index (κ3) is 4.42. The molecule has 5 heteroatoms. The average Bonchev–Trinajstić information content (AvgIpc) is 3.13. The molecule has 0 aromatic carbocycles. The minimum Gasteiger partial charge on any atom is -0.472 e. The van der Waals surface area contributed by atoms with Crippen molar-refractivity contribution in [2.45, 2.75) is 32.9 Å². The van der Waals surface area contributed by atoms with Gasteiger partial charge in [0.15, 0.2) is 0 Å². The second kappa shape index (κ2) is 7.75. The first kappa shape index (κ1) is 14.7. The van der Waals surface area contributed by atoms with Crippen molar-refractivity contribution in [1.29, 1.82) is 0 Å². The zero-order chi connectivity index (χ0) is 14.2. The van der Waals surface area contributed by atoms with Crippen LogP contribution in [0.5, 0.6) is 0 Å². The van der Waals surface area contributed by atoms with Gasteiger partial charge in [-0.05, 0) is 34.9 Å². The SMILES string of the molecule is CCCCN(Cc1ccsc1)C(=O)NCc1ccoc1. The lowest BCUT2D eigenvalue weighted by molar-refractivity contribution is 0.194. The van der Waals surface area contributed by atoms with Crippen LogP contribution in [0, 0.1) is 0 Å². The van der Waals surface area contributed by atoms with E-state index in [9.17, 15) is 4.79 Å². The minimum absolute atomic E-state index is 0.0224. The van der Waals surface area contributed by atoms with Gasteiger partial charge in [0.05, 0.1) is 12.5 Å². The number of nitrogens with one attached hydrogen (secondary N) is 1. The highest BCUT2D eigenvalue weighted by molar-refractivity contribution is 7.07. The molecule has 0 spiro atoms. The van der Waals surface area contributed by atoms with Gasteiger partial charge in [0.25, 0.3) is 0 Å². The Morgan fingerprint density at radius 2 is 2.30 bits per heavy atom. The second-order valence-electron chi connectivity index (χ2n) is 4.70. The van der Waals surface area contributed by atoms with Crippen molar-refractivity contribution in [3.8, 4) is 0 Å². The molecule has 0 radical (unpaired) electrons. The first-order valence-corrected chi connectivity index (χ1v) is 7.78. The van der Waals surface area contributed by atoms with E-state index in [1.807, 2.05) is 16.3 Å². The number of thiophene rings is 1. The summed E-state index contributed by atoms with van der Waals surface area (Å²) in [5, 5.41) is 7.06. The Kier molecular flexibility index (Phi) is 5.68. The number of hydrogen-bond donors (Lipinski definition) is 1. The van der Waals surface area contributed by atoms with Crippen LogP contribution >= 0.6 is 11.3 Å². The molecule has 0 saturated heterocycles. The first-order chi connectivity index (χ1) is 9.79. The van der Waals surface area contributed by atoms with Gasteiger partial charge in [-0.2, -0.15) is 11.3 Å². The van der Waals surface area contributed by atoms with Crippen LogP contribution in [0.15, 0.2) is 39.8 Å². The zero-order valence-corrected chi connectivity index (χ0v) is 12.5. The maximum atomic E-state index is 12.3. The number of carbonyl (C=O) groups excluding carboxylic acids is 1. The van der Waals surface area contributed by atoms with Gasteiger partial charge in [-0.1, -0.05) is 13.3 Å². The number of unbranched alkanes of at least 4 members (excludes halogenated alkanes) is 1. The Morgan fingerprint density at radius 1 is 1.40 bits per heavy atom. The van der Waals surface area contributed by atoms with Crippen LogP contribution in [0.4, 0.5) is 4.79 Å². The third-order valence-corrected chi connectivity index (χ3v) is 3.78. The highest BCUT2D eigenvalue weighted by Crippen LogP contribution is 2.11. The Hall–Kier alpha value is -1.75. The molecule has 0 saturated carbocycles. The molecule has 0 aliphatic carbocycles. The fourth-order valence-corrected chi connectivity index (χ4v) is 2.55. The number of hydrogen-bond acceptors (Lipinski definition) is 3. The number of urea groups is 1. The number of nitrogens with zero attached hydrogens (tertiary/aromatic N) is 1. The van der Waals surface area contributed by atoms with E-state index in [0.717, 1.165) is 24.9 Å². The molecule has 2 rings (SSSR count). The maximum absolute atomic E-state index is 12.3. The van der Waals surface area contributed by atoms with E-state index in [-0.39, 0.29) is 6.03 Å². The van der Waals surface area contributed by atoms with E-state index >= 15 is 0 Å². The zero-order valence-electron chi connectivity index (χ0n) is 11.7.